The van der Waals surface area contributed by atoms with Crippen LogP contribution >= 0.6 is 0 Å². The molecule has 1 aromatic rings. The molecule has 0 aliphatic rings. The average Bonchev–Trinajstić information content (AvgIpc) is 2.46. The van der Waals surface area contributed by atoms with Crippen molar-refractivity contribution in [3.63, 3.8) is 0 Å². The smallest absolute Gasteiger partial charge is 0.341 e. The number of nitriles is 1. The first-order valence-electron chi connectivity index (χ1n) is 5.88. The summed E-state index contributed by atoms with van der Waals surface area (Å²) in [5.74, 6) is -1.44. The highest BCUT2D eigenvalue weighted by Gasteiger charge is 2.13. The van der Waals surface area contributed by atoms with E-state index in [4.69, 9.17) is 20.5 Å². The SMILES string of the molecule is C=CCOC(=O)c1cc(COC[C@H](N)C#N)ccc1F. The first kappa shape index (κ1) is 15.8. The van der Waals surface area contributed by atoms with Crippen LogP contribution < -0.4 is 5.73 Å². The standard InChI is InChI=1S/C14H15FN2O3/c1-2-5-20-14(18)12-6-10(3-4-13(12)15)8-19-9-11(17)7-16/h2-4,6,11H,1,5,8-9,17H2/t11-/m1/s1. The third-order valence-electron chi connectivity index (χ3n) is 2.31. The van der Waals surface area contributed by atoms with Crippen molar-refractivity contribution >= 4 is 5.97 Å². The van der Waals surface area contributed by atoms with Crippen LogP contribution in [0.4, 0.5) is 4.39 Å². The summed E-state index contributed by atoms with van der Waals surface area (Å²) in [6.07, 6.45) is 1.39. The van der Waals surface area contributed by atoms with E-state index in [1.165, 1.54) is 18.2 Å². The molecular weight excluding hydrogens is 263 g/mol. The van der Waals surface area contributed by atoms with E-state index in [1.54, 1.807) is 0 Å². The highest BCUT2D eigenvalue weighted by atomic mass is 19.1. The summed E-state index contributed by atoms with van der Waals surface area (Å²) in [6, 6.07) is 5.10. The van der Waals surface area contributed by atoms with Crippen LogP contribution in [0.5, 0.6) is 0 Å². The van der Waals surface area contributed by atoms with Gasteiger partial charge in [-0.1, -0.05) is 18.7 Å². The Balaban J connectivity index is 2.68. The number of benzene rings is 1. The van der Waals surface area contributed by atoms with Gasteiger partial charge in [0.2, 0.25) is 0 Å². The van der Waals surface area contributed by atoms with E-state index in [0.717, 1.165) is 6.07 Å². The Morgan fingerprint density at radius 1 is 1.60 bits per heavy atom. The molecule has 0 heterocycles. The van der Waals surface area contributed by atoms with Gasteiger partial charge in [-0.05, 0) is 17.7 Å². The molecule has 0 fully saturated rings. The molecule has 0 bridgehead atoms. The average molecular weight is 278 g/mol. The van der Waals surface area contributed by atoms with Crippen molar-refractivity contribution in [2.45, 2.75) is 12.6 Å². The molecule has 0 aliphatic carbocycles. The lowest BCUT2D eigenvalue weighted by atomic mass is 10.1. The van der Waals surface area contributed by atoms with Crippen LogP contribution in [0.25, 0.3) is 0 Å². The molecule has 0 saturated carbocycles. The van der Waals surface area contributed by atoms with Gasteiger partial charge in [0.1, 0.15) is 18.5 Å². The third kappa shape index (κ3) is 4.80. The predicted molar refractivity (Wildman–Crippen MR) is 70.1 cm³/mol. The minimum atomic E-state index is -0.766. The molecule has 0 unspecified atom stereocenters. The minimum absolute atomic E-state index is 0.00994. The number of carbonyl (C=O) groups excluding carboxylic acids is 1. The number of nitrogens with zero attached hydrogens (tertiary/aromatic N) is 1. The molecule has 1 atom stereocenters. The highest BCUT2D eigenvalue weighted by Crippen LogP contribution is 2.13. The Bertz CT molecular complexity index is 526. The largest absolute Gasteiger partial charge is 0.458 e. The van der Waals surface area contributed by atoms with E-state index in [-0.39, 0.29) is 25.4 Å². The van der Waals surface area contributed by atoms with Gasteiger partial charge in [0.15, 0.2) is 0 Å². The van der Waals surface area contributed by atoms with Crippen LogP contribution in [-0.2, 0) is 16.1 Å². The molecule has 0 radical (unpaired) electrons. The second kappa shape index (κ2) is 8.04. The van der Waals surface area contributed by atoms with E-state index in [0.29, 0.717) is 5.56 Å². The summed E-state index contributed by atoms with van der Waals surface area (Å²) in [6.45, 7) is 3.59. The fraction of sp³-hybridized carbons (Fsp3) is 0.286. The van der Waals surface area contributed by atoms with Crippen LogP contribution in [0.3, 0.4) is 0 Å². The Hall–Kier alpha value is -2.23. The van der Waals surface area contributed by atoms with Gasteiger partial charge in [0.25, 0.3) is 0 Å². The summed E-state index contributed by atoms with van der Waals surface area (Å²) in [7, 11) is 0. The van der Waals surface area contributed by atoms with Crippen molar-refractivity contribution < 1.29 is 18.7 Å². The molecule has 0 spiro atoms. The second-order valence-electron chi connectivity index (χ2n) is 3.95. The van der Waals surface area contributed by atoms with E-state index in [2.05, 4.69) is 6.58 Å². The van der Waals surface area contributed by atoms with Crippen molar-refractivity contribution in [1.29, 1.82) is 5.26 Å². The topological polar surface area (TPSA) is 85.3 Å². The van der Waals surface area contributed by atoms with Crippen molar-refractivity contribution in [2.75, 3.05) is 13.2 Å². The summed E-state index contributed by atoms with van der Waals surface area (Å²) in [4.78, 5) is 11.6. The fourth-order valence-corrected chi connectivity index (χ4v) is 1.37. The summed E-state index contributed by atoms with van der Waals surface area (Å²) in [5.41, 5.74) is 5.78. The molecule has 106 valence electrons. The number of carbonyl (C=O) groups is 1. The van der Waals surface area contributed by atoms with Crippen molar-refractivity contribution in [2.24, 2.45) is 5.73 Å². The first-order chi connectivity index (χ1) is 9.58. The zero-order valence-corrected chi connectivity index (χ0v) is 10.8. The highest BCUT2D eigenvalue weighted by molar-refractivity contribution is 5.90. The molecular formula is C14H15FN2O3. The molecule has 2 N–H and O–H groups in total. The number of nitrogens with two attached hydrogens (primary N) is 1. The number of halogens is 1. The molecule has 6 heteroatoms. The Morgan fingerprint density at radius 2 is 2.35 bits per heavy atom. The van der Waals surface area contributed by atoms with Gasteiger partial charge in [-0.3, -0.25) is 0 Å². The predicted octanol–water partition coefficient (Wildman–Crippen LogP) is 1.54. The maximum atomic E-state index is 13.5. The van der Waals surface area contributed by atoms with Crippen LogP contribution in [-0.4, -0.2) is 25.2 Å². The molecule has 1 aromatic carbocycles. The lowest BCUT2D eigenvalue weighted by Gasteiger charge is -2.08. The first-order valence-corrected chi connectivity index (χ1v) is 5.88. The molecule has 0 amide bonds. The number of rotatable bonds is 7. The molecule has 0 aliphatic heterocycles. The molecule has 1 rings (SSSR count). The van der Waals surface area contributed by atoms with Crippen LogP contribution in [0.15, 0.2) is 30.9 Å². The van der Waals surface area contributed by atoms with E-state index in [9.17, 15) is 9.18 Å². The Labute approximate surface area is 116 Å². The van der Waals surface area contributed by atoms with E-state index in [1.807, 2.05) is 6.07 Å². The third-order valence-corrected chi connectivity index (χ3v) is 2.31. The molecule has 0 saturated heterocycles. The lowest BCUT2D eigenvalue weighted by Crippen LogP contribution is -2.23. The van der Waals surface area contributed by atoms with Gasteiger partial charge >= 0.3 is 5.97 Å². The molecule has 20 heavy (non-hydrogen) atoms. The Kier molecular flexibility index (Phi) is 6.37. The van der Waals surface area contributed by atoms with Gasteiger partial charge in [-0.2, -0.15) is 5.26 Å². The van der Waals surface area contributed by atoms with Crippen LogP contribution in [0, 0.1) is 17.1 Å². The van der Waals surface area contributed by atoms with Gasteiger partial charge in [-0.25, -0.2) is 9.18 Å². The second-order valence-corrected chi connectivity index (χ2v) is 3.95. The quantitative estimate of drug-likeness (QED) is 0.604. The minimum Gasteiger partial charge on any atom is -0.458 e. The van der Waals surface area contributed by atoms with Gasteiger partial charge < -0.3 is 15.2 Å². The molecule has 5 nitrogen and oxygen atoms in total. The van der Waals surface area contributed by atoms with E-state index < -0.39 is 17.8 Å². The van der Waals surface area contributed by atoms with Crippen LogP contribution in [0.1, 0.15) is 15.9 Å². The Morgan fingerprint density at radius 3 is 3.00 bits per heavy atom. The maximum Gasteiger partial charge on any atom is 0.341 e. The lowest BCUT2D eigenvalue weighted by molar-refractivity contribution is 0.0544. The van der Waals surface area contributed by atoms with Crippen LogP contribution in [0.2, 0.25) is 0 Å². The molecule has 0 aromatic heterocycles. The van der Waals surface area contributed by atoms with Gasteiger partial charge in [0, 0.05) is 0 Å². The van der Waals surface area contributed by atoms with Gasteiger partial charge in [-0.15, -0.1) is 0 Å². The van der Waals surface area contributed by atoms with Gasteiger partial charge in [0.05, 0.1) is 24.8 Å². The summed E-state index contributed by atoms with van der Waals surface area (Å²) < 4.78 is 23.5. The van der Waals surface area contributed by atoms with E-state index >= 15 is 0 Å². The summed E-state index contributed by atoms with van der Waals surface area (Å²) in [5, 5.41) is 8.49. The zero-order chi connectivity index (χ0) is 15.0. The monoisotopic (exact) mass is 278 g/mol. The number of esters is 1. The van der Waals surface area contributed by atoms with Crippen molar-refractivity contribution in [1.82, 2.24) is 0 Å². The normalized spacial score (nSPS) is 11.4. The van der Waals surface area contributed by atoms with Crippen molar-refractivity contribution in [3.05, 3.63) is 47.8 Å². The number of hydrogen-bond donors (Lipinski definition) is 1. The van der Waals surface area contributed by atoms with Crippen molar-refractivity contribution in [3.8, 4) is 6.07 Å². The fourth-order valence-electron chi connectivity index (χ4n) is 1.37. The number of ether oxygens (including phenoxy) is 2. The summed E-state index contributed by atoms with van der Waals surface area (Å²) >= 11 is 0. The zero-order valence-electron chi connectivity index (χ0n) is 10.8. The number of hydrogen-bond acceptors (Lipinski definition) is 5. The maximum absolute atomic E-state index is 13.5.